The van der Waals surface area contributed by atoms with Gasteiger partial charge in [0.05, 0.1) is 22.4 Å². The first-order valence-electron chi connectivity index (χ1n) is 11.9. The van der Waals surface area contributed by atoms with Gasteiger partial charge in [-0.3, -0.25) is 4.79 Å². The highest BCUT2D eigenvalue weighted by molar-refractivity contribution is 6.06. The van der Waals surface area contributed by atoms with Gasteiger partial charge in [0.1, 0.15) is 11.6 Å². The van der Waals surface area contributed by atoms with Crippen LogP contribution in [0.5, 0.6) is 0 Å². The van der Waals surface area contributed by atoms with Crippen LogP contribution >= 0.6 is 0 Å². The largest absolute Gasteiger partial charge is 0.418 e. The number of fused-ring (bicyclic) bond motifs is 1. The summed E-state index contributed by atoms with van der Waals surface area (Å²) >= 11 is 0. The Kier molecular flexibility index (Phi) is 6.71. The molecule has 0 aliphatic carbocycles. The SMILES string of the molecule is Cc1cnc(-c2ccc(-c3ccc(NC(=O)Nc4c(C(F)(F)F)cccc4C(F)(F)F)cc3F)c3c2C(=O)NC3)[nH]1. The number of amides is 3. The van der Waals surface area contributed by atoms with E-state index in [9.17, 15) is 35.9 Å². The number of carbonyl (C=O) groups excluding carboxylic acids is 2. The van der Waals surface area contributed by atoms with Gasteiger partial charge in [-0.2, -0.15) is 26.3 Å². The molecule has 4 aromatic rings. The number of aromatic nitrogens is 2. The van der Waals surface area contributed by atoms with Gasteiger partial charge in [-0.1, -0.05) is 12.1 Å². The number of alkyl halides is 6. The van der Waals surface area contributed by atoms with Crippen LogP contribution in [0.4, 0.5) is 46.9 Å². The van der Waals surface area contributed by atoms with Crippen molar-refractivity contribution < 1.29 is 40.3 Å². The first kappa shape index (κ1) is 27.7. The van der Waals surface area contributed by atoms with Crippen LogP contribution in [-0.4, -0.2) is 21.9 Å². The molecule has 7 nitrogen and oxygen atoms in total. The minimum atomic E-state index is -5.19. The molecule has 0 fully saturated rings. The van der Waals surface area contributed by atoms with Crippen LogP contribution in [0.15, 0.2) is 54.7 Å². The fraction of sp³-hybridized carbons (Fsp3) is 0.148. The zero-order valence-corrected chi connectivity index (χ0v) is 20.8. The van der Waals surface area contributed by atoms with Gasteiger partial charge in [0.15, 0.2) is 0 Å². The second kappa shape index (κ2) is 9.94. The lowest BCUT2D eigenvalue weighted by atomic mass is 9.92. The molecule has 1 aliphatic rings. The molecule has 0 bridgehead atoms. The zero-order chi connectivity index (χ0) is 29.7. The Balaban J connectivity index is 1.43. The maximum atomic E-state index is 15.3. The highest BCUT2D eigenvalue weighted by Crippen LogP contribution is 2.43. The van der Waals surface area contributed by atoms with Crippen molar-refractivity contribution in [3.63, 3.8) is 0 Å². The van der Waals surface area contributed by atoms with Crippen molar-refractivity contribution in [2.75, 3.05) is 10.6 Å². The third-order valence-electron chi connectivity index (χ3n) is 6.35. The van der Waals surface area contributed by atoms with Crippen LogP contribution in [0.1, 0.15) is 32.7 Å². The topological polar surface area (TPSA) is 98.9 Å². The van der Waals surface area contributed by atoms with Crippen molar-refractivity contribution >= 4 is 23.3 Å². The van der Waals surface area contributed by atoms with Crippen LogP contribution in [0.3, 0.4) is 0 Å². The minimum absolute atomic E-state index is 0.0488. The third kappa shape index (κ3) is 5.32. The van der Waals surface area contributed by atoms with Crippen LogP contribution in [0, 0.1) is 12.7 Å². The number of nitrogens with zero attached hydrogens (tertiary/aromatic N) is 1. The first-order valence-corrected chi connectivity index (χ1v) is 11.9. The summed E-state index contributed by atoms with van der Waals surface area (Å²) in [5.74, 6) is -0.787. The lowest BCUT2D eigenvalue weighted by Crippen LogP contribution is -2.24. The number of H-pyrrole nitrogens is 1. The third-order valence-corrected chi connectivity index (χ3v) is 6.35. The van der Waals surface area contributed by atoms with Gasteiger partial charge < -0.3 is 20.9 Å². The predicted molar refractivity (Wildman–Crippen MR) is 134 cm³/mol. The quantitative estimate of drug-likeness (QED) is 0.195. The van der Waals surface area contributed by atoms with E-state index in [1.807, 2.05) is 0 Å². The molecule has 14 heteroatoms. The highest BCUT2D eigenvalue weighted by atomic mass is 19.4. The van der Waals surface area contributed by atoms with Gasteiger partial charge in [-0.05, 0) is 54.4 Å². The summed E-state index contributed by atoms with van der Waals surface area (Å²) in [6.45, 7) is 1.90. The lowest BCUT2D eigenvalue weighted by Gasteiger charge is -2.19. The number of hydrogen-bond acceptors (Lipinski definition) is 3. The van der Waals surface area contributed by atoms with E-state index in [0.29, 0.717) is 46.3 Å². The van der Waals surface area contributed by atoms with Crippen molar-refractivity contribution in [1.82, 2.24) is 15.3 Å². The van der Waals surface area contributed by atoms with Gasteiger partial charge >= 0.3 is 18.4 Å². The molecular weight excluding hydrogens is 559 g/mol. The molecule has 3 amide bonds. The number of aryl methyl sites for hydroxylation is 1. The van der Waals surface area contributed by atoms with Crippen LogP contribution in [-0.2, 0) is 18.9 Å². The molecular formula is C27H18F7N5O2. The molecule has 3 aromatic carbocycles. The molecule has 5 rings (SSSR count). The molecule has 0 atom stereocenters. The van der Waals surface area contributed by atoms with E-state index < -0.39 is 41.0 Å². The monoisotopic (exact) mass is 577 g/mol. The van der Waals surface area contributed by atoms with Gasteiger partial charge in [0, 0.05) is 35.2 Å². The number of para-hydroxylation sites is 1. The number of anilines is 2. The number of halogens is 7. The second-order valence-corrected chi connectivity index (χ2v) is 9.11. The van der Waals surface area contributed by atoms with Crippen LogP contribution in [0.2, 0.25) is 0 Å². The smallest absolute Gasteiger partial charge is 0.348 e. The van der Waals surface area contributed by atoms with E-state index in [2.05, 4.69) is 20.6 Å². The maximum Gasteiger partial charge on any atom is 0.418 e. The van der Waals surface area contributed by atoms with Crippen LogP contribution < -0.4 is 16.0 Å². The number of aromatic amines is 1. The van der Waals surface area contributed by atoms with Crippen LogP contribution in [0.25, 0.3) is 22.5 Å². The van der Waals surface area contributed by atoms with Gasteiger partial charge in [-0.25, -0.2) is 14.2 Å². The molecule has 0 radical (unpaired) electrons. The maximum absolute atomic E-state index is 15.3. The van der Waals surface area contributed by atoms with E-state index >= 15 is 4.39 Å². The summed E-state index contributed by atoms with van der Waals surface area (Å²) in [6, 6.07) is 6.47. The Bertz CT molecular complexity index is 1660. The molecule has 1 aliphatic heterocycles. The van der Waals surface area contributed by atoms with E-state index in [1.165, 1.54) is 12.1 Å². The lowest BCUT2D eigenvalue weighted by molar-refractivity contribution is -0.141. The Labute approximate surface area is 226 Å². The summed E-state index contributed by atoms with van der Waals surface area (Å²) in [5.41, 5.74) is -2.62. The number of carbonyl (C=O) groups is 2. The average molecular weight is 577 g/mol. The molecule has 0 spiro atoms. The van der Waals surface area contributed by atoms with Gasteiger partial charge in [-0.15, -0.1) is 0 Å². The molecule has 0 saturated heterocycles. The summed E-state index contributed by atoms with van der Waals surface area (Å²) in [7, 11) is 0. The van der Waals surface area contributed by atoms with Crippen molar-refractivity contribution in [1.29, 1.82) is 0 Å². The molecule has 2 heterocycles. The number of rotatable bonds is 4. The Hall–Kier alpha value is -4.88. The van der Waals surface area contributed by atoms with Crippen molar-refractivity contribution in [3.05, 3.63) is 88.5 Å². The van der Waals surface area contributed by atoms with E-state index in [0.717, 1.165) is 11.8 Å². The number of benzene rings is 3. The Morgan fingerprint density at radius 3 is 2.12 bits per heavy atom. The molecule has 0 saturated carbocycles. The molecule has 212 valence electrons. The number of imidazole rings is 1. The molecule has 1 aromatic heterocycles. The number of urea groups is 1. The standard InChI is InChI=1S/C27H18F7N5O2/c1-12-10-35-23(37-12)16-8-7-14(17-11-36-24(40)21(16)17)15-6-5-13(9-20(15)28)38-25(41)39-22-18(26(29,30)31)3-2-4-19(22)27(32,33)34/h2-10H,11H2,1H3,(H,35,37)(H,36,40)(H2,38,39,41). The fourth-order valence-electron chi connectivity index (χ4n) is 4.59. The number of hydrogen-bond donors (Lipinski definition) is 4. The summed E-state index contributed by atoms with van der Waals surface area (Å²) in [5, 5.41) is 6.35. The van der Waals surface area contributed by atoms with Crippen molar-refractivity contribution in [2.45, 2.75) is 25.8 Å². The summed E-state index contributed by atoms with van der Waals surface area (Å²) in [6.07, 6.45) is -8.80. The first-order chi connectivity index (χ1) is 19.2. The average Bonchev–Trinajstić information content (AvgIpc) is 3.48. The molecule has 4 N–H and O–H groups in total. The Morgan fingerprint density at radius 2 is 1.54 bits per heavy atom. The molecule has 0 unspecified atom stereocenters. The summed E-state index contributed by atoms with van der Waals surface area (Å²) < 4.78 is 95.5. The van der Waals surface area contributed by atoms with E-state index in [-0.39, 0.29) is 23.7 Å². The fourth-order valence-corrected chi connectivity index (χ4v) is 4.59. The predicted octanol–water partition coefficient (Wildman–Crippen LogP) is 7.12. The number of nitrogens with one attached hydrogen (secondary N) is 4. The van der Waals surface area contributed by atoms with Crippen molar-refractivity contribution in [3.8, 4) is 22.5 Å². The normalized spacial score (nSPS) is 13.1. The van der Waals surface area contributed by atoms with Gasteiger partial charge in [0.2, 0.25) is 0 Å². The Morgan fingerprint density at radius 1 is 0.902 bits per heavy atom. The summed E-state index contributed by atoms with van der Waals surface area (Å²) in [4.78, 5) is 32.3. The van der Waals surface area contributed by atoms with E-state index in [1.54, 1.807) is 30.6 Å². The second-order valence-electron chi connectivity index (χ2n) is 9.11. The minimum Gasteiger partial charge on any atom is -0.348 e. The van der Waals surface area contributed by atoms with E-state index in [4.69, 9.17) is 0 Å². The highest BCUT2D eigenvalue weighted by Gasteiger charge is 2.41. The zero-order valence-electron chi connectivity index (χ0n) is 20.8. The van der Waals surface area contributed by atoms with Crippen molar-refractivity contribution in [2.24, 2.45) is 0 Å². The van der Waals surface area contributed by atoms with Gasteiger partial charge in [0.25, 0.3) is 5.91 Å². The molecule has 41 heavy (non-hydrogen) atoms.